The van der Waals surface area contributed by atoms with Gasteiger partial charge in [-0.2, -0.15) is 0 Å². The van der Waals surface area contributed by atoms with Gasteiger partial charge in [-0.15, -0.1) is 0 Å². The zero-order chi connectivity index (χ0) is 14.1. The molecule has 3 rings (SSSR count). The molecule has 0 bridgehead atoms. The molecule has 0 spiro atoms. The standard InChI is InChI=1S/C14H16N2O4/c1-19-10-2-3-12-11(8-10)13(17)16(14(18)15-12)9-4-6-20-7-5-9/h2-3,8-9H,4-7H2,1H3,(H,15,18). The van der Waals surface area contributed by atoms with Crippen molar-refractivity contribution in [2.45, 2.75) is 18.9 Å². The molecule has 0 saturated carbocycles. The first-order valence-electron chi connectivity index (χ1n) is 6.61. The molecule has 1 aromatic carbocycles. The topological polar surface area (TPSA) is 73.3 Å². The van der Waals surface area contributed by atoms with Crippen molar-refractivity contribution in [1.82, 2.24) is 9.55 Å². The van der Waals surface area contributed by atoms with Crippen LogP contribution < -0.4 is 16.0 Å². The molecule has 1 aliphatic rings. The third-order valence-corrected chi connectivity index (χ3v) is 3.69. The molecule has 1 aromatic heterocycles. The molecule has 0 radical (unpaired) electrons. The normalized spacial score (nSPS) is 16.4. The Labute approximate surface area is 114 Å². The lowest BCUT2D eigenvalue weighted by molar-refractivity contribution is 0.0676. The maximum Gasteiger partial charge on any atom is 0.329 e. The van der Waals surface area contributed by atoms with Gasteiger partial charge in [0, 0.05) is 19.3 Å². The van der Waals surface area contributed by atoms with E-state index in [1.807, 2.05) is 0 Å². The highest BCUT2D eigenvalue weighted by atomic mass is 16.5. The maximum absolute atomic E-state index is 12.6. The van der Waals surface area contributed by atoms with Crippen molar-refractivity contribution in [3.8, 4) is 5.75 Å². The van der Waals surface area contributed by atoms with E-state index in [1.54, 1.807) is 25.3 Å². The number of fused-ring (bicyclic) bond motifs is 1. The largest absolute Gasteiger partial charge is 0.497 e. The summed E-state index contributed by atoms with van der Waals surface area (Å²) in [5.41, 5.74) is -0.0989. The Hall–Kier alpha value is -2.08. The first-order chi connectivity index (χ1) is 9.70. The third-order valence-electron chi connectivity index (χ3n) is 3.69. The summed E-state index contributed by atoms with van der Waals surface area (Å²) in [4.78, 5) is 27.5. The molecule has 1 N–H and O–H groups in total. The monoisotopic (exact) mass is 276 g/mol. The molecule has 0 amide bonds. The first-order valence-corrected chi connectivity index (χ1v) is 6.61. The van der Waals surface area contributed by atoms with E-state index in [-0.39, 0.29) is 17.3 Å². The number of benzene rings is 1. The van der Waals surface area contributed by atoms with Crippen LogP contribution >= 0.6 is 0 Å². The van der Waals surface area contributed by atoms with Crippen molar-refractivity contribution in [3.63, 3.8) is 0 Å². The van der Waals surface area contributed by atoms with Gasteiger partial charge in [-0.1, -0.05) is 0 Å². The lowest BCUT2D eigenvalue weighted by Crippen LogP contribution is -2.40. The average molecular weight is 276 g/mol. The molecule has 6 nitrogen and oxygen atoms in total. The number of H-pyrrole nitrogens is 1. The van der Waals surface area contributed by atoms with E-state index >= 15 is 0 Å². The molecule has 0 unspecified atom stereocenters. The Bertz CT molecular complexity index is 741. The van der Waals surface area contributed by atoms with Gasteiger partial charge in [-0.25, -0.2) is 4.79 Å². The van der Waals surface area contributed by atoms with Crippen molar-refractivity contribution in [1.29, 1.82) is 0 Å². The molecule has 106 valence electrons. The van der Waals surface area contributed by atoms with Gasteiger partial charge in [0.1, 0.15) is 5.75 Å². The number of aromatic amines is 1. The van der Waals surface area contributed by atoms with E-state index in [9.17, 15) is 9.59 Å². The predicted octanol–water partition coefficient (Wildman–Crippen LogP) is 1.05. The molecule has 0 atom stereocenters. The van der Waals surface area contributed by atoms with Gasteiger partial charge in [-0.05, 0) is 31.0 Å². The summed E-state index contributed by atoms with van der Waals surface area (Å²) < 4.78 is 11.7. The van der Waals surface area contributed by atoms with Crippen molar-refractivity contribution in [3.05, 3.63) is 39.0 Å². The molecule has 20 heavy (non-hydrogen) atoms. The number of aromatic nitrogens is 2. The summed E-state index contributed by atoms with van der Waals surface area (Å²) in [5.74, 6) is 0.597. The van der Waals surface area contributed by atoms with Crippen LogP contribution in [-0.2, 0) is 4.74 Å². The minimum absolute atomic E-state index is 0.101. The zero-order valence-corrected chi connectivity index (χ0v) is 11.2. The van der Waals surface area contributed by atoms with Crippen LogP contribution in [0.2, 0.25) is 0 Å². The molecular weight excluding hydrogens is 260 g/mol. The average Bonchev–Trinajstić information content (AvgIpc) is 2.48. The summed E-state index contributed by atoms with van der Waals surface area (Å²) in [6.45, 7) is 1.15. The highest BCUT2D eigenvalue weighted by molar-refractivity contribution is 5.78. The number of hydrogen-bond acceptors (Lipinski definition) is 4. The second kappa shape index (κ2) is 5.13. The predicted molar refractivity (Wildman–Crippen MR) is 74.5 cm³/mol. The van der Waals surface area contributed by atoms with E-state index in [4.69, 9.17) is 9.47 Å². The summed E-state index contributed by atoms with van der Waals surface area (Å²) in [6, 6.07) is 4.96. The van der Waals surface area contributed by atoms with Crippen LogP contribution in [0, 0.1) is 0 Å². The van der Waals surface area contributed by atoms with Gasteiger partial charge in [0.15, 0.2) is 0 Å². The number of methoxy groups -OCH3 is 1. The second-order valence-corrected chi connectivity index (χ2v) is 4.86. The fourth-order valence-corrected chi connectivity index (χ4v) is 2.61. The summed E-state index contributed by atoms with van der Waals surface area (Å²) >= 11 is 0. The van der Waals surface area contributed by atoms with Crippen LogP contribution in [0.1, 0.15) is 18.9 Å². The van der Waals surface area contributed by atoms with E-state index in [0.717, 1.165) is 0 Å². The zero-order valence-electron chi connectivity index (χ0n) is 11.2. The lowest BCUT2D eigenvalue weighted by atomic mass is 10.1. The van der Waals surface area contributed by atoms with Gasteiger partial charge in [0.05, 0.1) is 18.0 Å². The molecule has 6 heteroatoms. The van der Waals surface area contributed by atoms with E-state index in [2.05, 4.69) is 4.98 Å². The third kappa shape index (κ3) is 2.12. The smallest absolute Gasteiger partial charge is 0.329 e. The minimum atomic E-state index is -0.362. The molecule has 1 aliphatic heterocycles. The van der Waals surface area contributed by atoms with Gasteiger partial charge in [-0.3, -0.25) is 9.36 Å². The number of ether oxygens (including phenoxy) is 2. The minimum Gasteiger partial charge on any atom is -0.497 e. The fraction of sp³-hybridized carbons (Fsp3) is 0.429. The summed E-state index contributed by atoms with van der Waals surface area (Å²) in [5, 5.41) is 0.468. The van der Waals surface area contributed by atoms with Crippen molar-refractivity contribution < 1.29 is 9.47 Å². The quantitative estimate of drug-likeness (QED) is 0.889. The number of rotatable bonds is 2. The van der Waals surface area contributed by atoms with Gasteiger partial charge >= 0.3 is 5.69 Å². The lowest BCUT2D eigenvalue weighted by Gasteiger charge is -2.23. The maximum atomic E-state index is 12.6. The van der Waals surface area contributed by atoms with Crippen LogP contribution in [0.25, 0.3) is 10.9 Å². The highest BCUT2D eigenvalue weighted by Crippen LogP contribution is 2.19. The summed E-state index contributed by atoms with van der Waals surface area (Å²) in [6.07, 6.45) is 1.36. The Kier molecular flexibility index (Phi) is 3.31. The number of nitrogens with zero attached hydrogens (tertiary/aromatic N) is 1. The first kappa shape index (κ1) is 12.9. The Morgan fingerprint density at radius 3 is 2.75 bits per heavy atom. The molecule has 1 fully saturated rings. The molecule has 2 heterocycles. The van der Waals surface area contributed by atoms with Crippen LogP contribution in [-0.4, -0.2) is 29.9 Å². The van der Waals surface area contributed by atoms with E-state index in [0.29, 0.717) is 42.7 Å². The molecule has 1 saturated heterocycles. The Morgan fingerprint density at radius 2 is 2.05 bits per heavy atom. The number of nitrogens with one attached hydrogen (secondary N) is 1. The van der Waals surface area contributed by atoms with E-state index in [1.165, 1.54) is 4.57 Å². The fourth-order valence-electron chi connectivity index (χ4n) is 2.61. The molecule has 0 aliphatic carbocycles. The van der Waals surface area contributed by atoms with Crippen molar-refractivity contribution in [2.75, 3.05) is 20.3 Å². The Balaban J connectivity index is 2.21. The second-order valence-electron chi connectivity index (χ2n) is 4.86. The van der Waals surface area contributed by atoms with Crippen LogP contribution in [0.5, 0.6) is 5.75 Å². The van der Waals surface area contributed by atoms with Crippen LogP contribution in [0.3, 0.4) is 0 Å². The van der Waals surface area contributed by atoms with Gasteiger partial charge in [0.25, 0.3) is 5.56 Å². The SMILES string of the molecule is COc1ccc2[nH]c(=O)n(C3CCOCC3)c(=O)c2c1. The number of hydrogen-bond donors (Lipinski definition) is 1. The van der Waals surface area contributed by atoms with Gasteiger partial charge in [0.2, 0.25) is 0 Å². The van der Waals surface area contributed by atoms with Crippen LogP contribution in [0.4, 0.5) is 0 Å². The van der Waals surface area contributed by atoms with E-state index < -0.39 is 0 Å². The van der Waals surface area contributed by atoms with Crippen molar-refractivity contribution >= 4 is 10.9 Å². The Morgan fingerprint density at radius 1 is 1.30 bits per heavy atom. The summed E-state index contributed by atoms with van der Waals surface area (Å²) in [7, 11) is 1.55. The van der Waals surface area contributed by atoms with Crippen LogP contribution in [0.15, 0.2) is 27.8 Å². The van der Waals surface area contributed by atoms with Gasteiger partial charge < -0.3 is 14.5 Å². The molecule has 2 aromatic rings. The molecular formula is C14H16N2O4. The van der Waals surface area contributed by atoms with Crippen molar-refractivity contribution in [2.24, 2.45) is 0 Å². The highest BCUT2D eigenvalue weighted by Gasteiger charge is 2.20.